The molecule has 1 aromatic carbocycles. The van der Waals surface area contributed by atoms with Gasteiger partial charge in [-0.2, -0.15) is 0 Å². The van der Waals surface area contributed by atoms with E-state index < -0.39 is 0 Å². The van der Waals surface area contributed by atoms with E-state index in [1.54, 1.807) is 18.1 Å². The van der Waals surface area contributed by atoms with Crippen LogP contribution in [0.1, 0.15) is 34.9 Å². The van der Waals surface area contributed by atoms with Crippen LogP contribution in [0.4, 0.5) is 0 Å². The van der Waals surface area contributed by atoms with E-state index in [0.29, 0.717) is 5.75 Å². The zero-order valence-electron chi connectivity index (χ0n) is 16.0. The second-order valence-corrected chi connectivity index (χ2v) is 9.88. The Balaban J connectivity index is 1.33. The van der Waals surface area contributed by atoms with Crippen molar-refractivity contribution in [1.29, 1.82) is 0 Å². The van der Waals surface area contributed by atoms with Gasteiger partial charge in [-0.05, 0) is 48.3 Å². The fraction of sp³-hybridized carbons (Fsp3) is 0.409. The molecule has 1 aliphatic carbocycles. The SMILES string of the molecule is CC1CCc2c(sc3ncnc(SCC(=O)N4CCc5ccccc5C4)c23)C1. The van der Waals surface area contributed by atoms with Crippen molar-refractivity contribution in [3.8, 4) is 0 Å². The molecular formula is C22H23N3OS2. The highest BCUT2D eigenvalue weighted by Gasteiger charge is 2.25. The van der Waals surface area contributed by atoms with E-state index in [-0.39, 0.29) is 5.91 Å². The van der Waals surface area contributed by atoms with Crippen molar-refractivity contribution in [3.05, 3.63) is 52.2 Å². The second kappa shape index (κ2) is 7.48. The predicted molar refractivity (Wildman–Crippen MR) is 115 cm³/mol. The lowest BCUT2D eigenvalue weighted by molar-refractivity contribution is -0.129. The third kappa shape index (κ3) is 3.33. The molecule has 28 heavy (non-hydrogen) atoms. The van der Waals surface area contributed by atoms with E-state index in [2.05, 4.69) is 41.2 Å². The number of benzene rings is 1. The van der Waals surface area contributed by atoms with Crippen molar-refractivity contribution in [3.63, 3.8) is 0 Å². The van der Waals surface area contributed by atoms with Crippen molar-refractivity contribution in [2.45, 2.75) is 44.2 Å². The monoisotopic (exact) mass is 409 g/mol. The van der Waals surface area contributed by atoms with Crippen LogP contribution < -0.4 is 0 Å². The van der Waals surface area contributed by atoms with Crippen LogP contribution in [0.5, 0.6) is 0 Å². The summed E-state index contributed by atoms with van der Waals surface area (Å²) in [7, 11) is 0. The van der Waals surface area contributed by atoms with Gasteiger partial charge < -0.3 is 4.90 Å². The number of carbonyl (C=O) groups excluding carboxylic acids is 1. The molecule has 144 valence electrons. The van der Waals surface area contributed by atoms with Gasteiger partial charge in [0, 0.05) is 23.4 Å². The van der Waals surface area contributed by atoms with Crippen LogP contribution in [0, 0.1) is 5.92 Å². The number of aryl methyl sites for hydroxylation is 1. The summed E-state index contributed by atoms with van der Waals surface area (Å²) in [6, 6.07) is 8.44. The molecule has 3 heterocycles. The summed E-state index contributed by atoms with van der Waals surface area (Å²) in [5.74, 6) is 1.38. The number of rotatable bonds is 3. The van der Waals surface area contributed by atoms with E-state index in [1.165, 1.54) is 33.4 Å². The Hall–Kier alpha value is -1.92. The maximum atomic E-state index is 12.9. The Morgan fingerprint density at radius 2 is 2.11 bits per heavy atom. The van der Waals surface area contributed by atoms with E-state index in [1.807, 2.05) is 16.2 Å². The maximum Gasteiger partial charge on any atom is 0.233 e. The molecule has 3 aromatic rings. The number of hydrogen-bond donors (Lipinski definition) is 0. The summed E-state index contributed by atoms with van der Waals surface area (Å²) in [6.07, 6.45) is 6.07. The van der Waals surface area contributed by atoms with Gasteiger partial charge in [-0.25, -0.2) is 9.97 Å². The van der Waals surface area contributed by atoms with E-state index >= 15 is 0 Å². The van der Waals surface area contributed by atoms with Crippen molar-refractivity contribution in [2.24, 2.45) is 5.92 Å². The average Bonchev–Trinajstić information content (AvgIpc) is 3.09. The van der Waals surface area contributed by atoms with Crippen LogP contribution in [0.2, 0.25) is 0 Å². The fourth-order valence-electron chi connectivity index (χ4n) is 4.29. The van der Waals surface area contributed by atoms with Crippen LogP contribution in [-0.4, -0.2) is 33.1 Å². The molecule has 2 aliphatic rings. The number of thiophene rings is 1. The van der Waals surface area contributed by atoms with Crippen LogP contribution >= 0.6 is 23.1 Å². The summed E-state index contributed by atoms with van der Waals surface area (Å²) in [5, 5.41) is 2.18. The predicted octanol–water partition coefficient (Wildman–Crippen LogP) is 4.49. The molecule has 1 atom stereocenters. The quantitative estimate of drug-likeness (QED) is 0.472. The first kappa shape index (κ1) is 18.1. The van der Waals surface area contributed by atoms with E-state index in [4.69, 9.17) is 0 Å². The first-order valence-electron chi connectivity index (χ1n) is 9.91. The number of amides is 1. The Kier molecular flexibility index (Phi) is 4.85. The van der Waals surface area contributed by atoms with Crippen molar-refractivity contribution >= 4 is 39.2 Å². The van der Waals surface area contributed by atoms with E-state index in [0.717, 1.165) is 48.1 Å². The Morgan fingerprint density at radius 3 is 3.00 bits per heavy atom. The fourth-order valence-corrected chi connectivity index (χ4v) is 6.63. The first-order chi connectivity index (χ1) is 13.7. The minimum absolute atomic E-state index is 0.198. The van der Waals surface area contributed by atoms with Crippen LogP contribution in [-0.2, 0) is 30.6 Å². The van der Waals surface area contributed by atoms with Crippen molar-refractivity contribution in [1.82, 2.24) is 14.9 Å². The summed E-state index contributed by atoms with van der Waals surface area (Å²) in [4.78, 5) is 26.4. The Morgan fingerprint density at radius 1 is 1.25 bits per heavy atom. The molecule has 0 N–H and O–H groups in total. The summed E-state index contributed by atoms with van der Waals surface area (Å²) < 4.78 is 0. The van der Waals surface area contributed by atoms with Gasteiger partial charge in [0.05, 0.1) is 5.75 Å². The molecule has 1 unspecified atom stereocenters. The minimum Gasteiger partial charge on any atom is -0.337 e. The summed E-state index contributed by atoms with van der Waals surface area (Å²) in [5.41, 5.74) is 4.08. The molecule has 1 amide bonds. The molecule has 0 fully saturated rings. The van der Waals surface area contributed by atoms with Gasteiger partial charge >= 0.3 is 0 Å². The van der Waals surface area contributed by atoms with Gasteiger partial charge in [0.2, 0.25) is 5.91 Å². The molecule has 0 bridgehead atoms. The highest BCUT2D eigenvalue weighted by Crippen LogP contribution is 2.40. The minimum atomic E-state index is 0.198. The number of carbonyl (C=O) groups is 1. The van der Waals surface area contributed by atoms with Gasteiger partial charge in [-0.3, -0.25) is 4.79 Å². The number of fused-ring (bicyclic) bond motifs is 4. The molecule has 0 saturated heterocycles. The average molecular weight is 410 g/mol. The molecule has 2 aromatic heterocycles. The van der Waals surface area contributed by atoms with Crippen LogP contribution in [0.3, 0.4) is 0 Å². The number of thioether (sulfide) groups is 1. The van der Waals surface area contributed by atoms with Gasteiger partial charge in [0.25, 0.3) is 0 Å². The highest BCUT2D eigenvalue weighted by molar-refractivity contribution is 8.00. The Bertz CT molecular complexity index is 1050. The zero-order valence-corrected chi connectivity index (χ0v) is 17.6. The van der Waals surface area contributed by atoms with E-state index in [9.17, 15) is 4.79 Å². The van der Waals surface area contributed by atoms with Crippen molar-refractivity contribution < 1.29 is 4.79 Å². The lowest BCUT2D eigenvalue weighted by Gasteiger charge is -2.28. The number of aromatic nitrogens is 2. The van der Waals surface area contributed by atoms with Crippen LogP contribution in [0.15, 0.2) is 35.6 Å². The molecule has 4 nitrogen and oxygen atoms in total. The molecule has 0 saturated carbocycles. The second-order valence-electron chi connectivity index (χ2n) is 7.83. The van der Waals surface area contributed by atoms with Crippen LogP contribution in [0.25, 0.3) is 10.2 Å². The summed E-state index contributed by atoms with van der Waals surface area (Å²) >= 11 is 3.39. The number of nitrogens with zero attached hydrogens (tertiary/aromatic N) is 3. The third-order valence-electron chi connectivity index (χ3n) is 5.87. The van der Waals surface area contributed by atoms with Gasteiger partial charge in [-0.15, -0.1) is 11.3 Å². The molecule has 0 radical (unpaired) electrons. The smallest absolute Gasteiger partial charge is 0.233 e. The number of hydrogen-bond acceptors (Lipinski definition) is 5. The molecular weight excluding hydrogens is 386 g/mol. The third-order valence-corrected chi connectivity index (χ3v) is 8.01. The first-order valence-corrected chi connectivity index (χ1v) is 11.7. The Labute approximate surface area is 173 Å². The topological polar surface area (TPSA) is 46.1 Å². The maximum absolute atomic E-state index is 12.9. The molecule has 6 heteroatoms. The van der Waals surface area contributed by atoms with Gasteiger partial charge in [0.15, 0.2) is 0 Å². The zero-order chi connectivity index (χ0) is 19.1. The molecule has 1 aliphatic heterocycles. The van der Waals surface area contributed by atoms with Crippen molar-refractivity contribution in [2.75, 3.05) is 12.3 Å². The van der Waals surface area contributed by atoms with Gasteiger partial charge in [-0.1, -0.05) is 43.0 Å². The normalized spacial score (nSPS) is 18.8. The largest absolute Gasteiger partial charge is 0.337 e. The lowest BCUT2D eigenvalue weighted by Crippen LogP contribution is -2.37. The standard InChI is InChI=1S/C22H23N3OS2/c1-14-6-7-17-18(10-14)28-22-20(17)21(23-13-24-22)27-12-19(26)25-9-8-15-4-2-3-5-16(15)11-25/h2-5,13-14H,6-12H2,1H3. The molecule has 5 rings (SSSR count). The molecule has 0 spiro atoms. The lowest BCUT2D eigenvalue weighted by atomic mass is 9.89. The summed E-state index contributed by atoms with van der Waals surface area (Å²) in [6.45, 7) is 3.85. The van der Waals surface area contributed by atoms with Gasteiger partial charge in [0.1, 0.15) is 16.2 Å². The highest BCUT2D eigenvalue weighted by atomic mass is 32.2.